The van der Waals surface area contributed by atoms with Crippen LogP contribution < -0.4 is 5.46 Å². The molecule has 0 saturated carbocycles. The van der Waals surface area contributed by atoms with E-state index in [1.54, 1.807) is 26.8 Å². The van der Waals surface area contributed by atoms with Crippen molar-refractivity contribution in [3.05, 3.63) is 30.3 Å². The fourth-order valence-electron chi connectivity index (χ4n) is 2.01. The smallest absolute Gasteiger partial charge is 0.399 e. The van der Waals surface area contributed by atoms with Crippen LogP contribution in [0.2, 0.25) is 0 Å². The molecule has 0 spiro atoms. The average Bonchev–Trinajstić information content (AvgIpc) is 2.61. The second kappa shape index (κ2) is 4.38. The zero-order valence-corrected chi connectivity index (χ0v) is 10.7. The van der Waals surface area contributed by atoms with Crippen LogP contribution in [0.15, 0.2) is 30.3 Å². The van der Waals surface area contributed by atoms with Crippen molar-refractivity contribution >= 4 is 12.6 Å². The Balaban J connectivity index is 2.31. The molecular weight excluding hydrogens is 232 g/mol. The second-order valence-corrected chi connectivity index (χ2v) is 5.09. The molecule has 0 amide bonds. The molecule has 18 heavy (non-hydrogen) atoms. The minimum Gasteiger partial charge on any atom is -0.399 e. The van der Waals surface area contributed by atoms with Gasteiger partial charge in [0, 0.05) is 0 Å². The Hall–Kier alpha value is -1.38. The fraction of sp³-hybridized carbons (Fsp3) is 0.462. The second-order valence-electron chi connectivity index (χ2n) is 5.09. The Morgan fingerprint density at radius 1 is 1.22 bits per heavy atom. The van der Waals surface area contributed by atoms with E-state index in [4.69, 9.17) is 14.6 Å². The van der Waals surface area contributed by atoms with Gasteiger partial charge in [0.1, 0.15) is 11.7 Å². The summed E-state index contributed by atoms with van der Waals surface area (Å²) < 4.78 is 25.3. The molecule has 94 valence electrons. The summed E-state index contributed by atoms with van der Waals surface area (Å²) >= 11 is 0. The first-order chi connectivity index (χ1) is 8.40. The lowest BCUT2D eigenvalue weighted by molar-refractivity contribution is -0.0479. The van der Waals surface area contributed by atoms with Crippen molar-refractivity contribution in [1.82, 2.24) is 0 Å². The van der Waals surface area contributed by atoms with Crippen LogP contribution in [-0.4, -0.2) is 24.5 Å². The summed E-state index contributed by atoms with van der Waals surface area (Å²) in [6.45, 7) is 5.05. The highest BCUT2D eigenvalue weighted by Gasteiger charge is 2.59. The van der Waals surface area contributed by atoms with Gasteiger partial charge in [-0.15, -0.1) is 0 Å². The van der Waals surface area contributed by atoms with Crippen LogP contribution >= 0.6 is 0 Å². The van der Waals surface area contributed by atoms with Gasteiger partial charge in [-0.2, -0.15) is 5.26 Å². The van der Waals surface area contributed by atoms with E-state index < -0.39 is 24.5 Å². The van der Waals surface area contributed by atoms with Crippen molar-refractivity contribution in [2.75, 3.05) is 0 Å². The highest BCUT2D eigenvalue weighted by Crippen LogP contribution is 2.40. The van der Waals surface area contributed by atoms with Crippen LogP contribution in [-0.2, 0) is 9.31 Å². The molecule has 0 bridgehead atoms. The Morgan fingerprint density at radius 3 is 2.39 bits per heavy atom. The summed E-state index contributed by atoms with van der Waals surface area (Å²) in [5.74, 6) is 0. The van der Waals surface area contributed by atoms with Gasteiger partial charge >= 0.3 is 7.12 Å². The van der Waals surface area contributed by atoms with E-state index in [2.05, 4.69) is 0 Å². The van der Waals surface area contributed by atoms with Crippen molar-refractivity contribution in [1.29, 1.82) is 5.26 Å². The summed E-state index contributed by atoms with van der Waals surface area (Å²) in [4.78, 5) is 0. The minimum absolute atomic E-state index is 0.641. The predicted molar refractivity (Wildman–Crippen MR) is 67.0 cm³/mol. The molecule has 0 N–H and O–H groups in total. The largest absolute Gasteiger partial charge is 0.494 e. The maximum Gasteiger partial charge on any atom is 0.494 e. The third-order valence-electron chi connectivity index (χ3n) is 3.62. The highest BCUT2D eigenvalue weighted by molar-refractivity contribution is 6.62. The van der Waals surface area contributed by atoms with Crippen molar-refractivity contribution in [3.63, 3.8) is 0 Å². The van der Waals surface area contributed by atoms with Crippen LogP contribution in [0.4, 0.5) is 4.39 Å². The molecule has 0 aliphatic carbocycles. The third kappa shape index (κ3) is 1.92. The molecule has 1 saturated heterocycles. The van der Waals surface area contributed by atoms with E-state index >= 15 is 0 Å². The quantitative estimate of drug-likeness (QED) is 0.748. The molecule has 3 nitrogen and oxygen atoms in total. The monoisotopic (exact) mass is 247 g/mol. The maximum absolute atomic E-state index is 13.8. The molecule has 2 rings (SSSR count). The zero-order chi connectivity index (χ0) is 13.4. The number of nitriles is 1. The number of hydrogen-bond acceptors (Lipinski definition) is 3. The number of halogens is 1. The topological polar surface area (TPSA) is 42.2 Å². The lowest BCUT2D eigenvalue weighted by atomic mass is 9.79. The van der Waals surface area contributed by atoms with E-state index in [0.717, 1.165) is 5.46 Å². The maximum atomic E-state index is 13.8. The number of alkyl halides is 1. The van der Waals surface area contributed by atoms with Crippen LogP contribution in [0.25, 0.3) is 0 Å². The van der Waals surface area contributed by atoms with Crippen molar-refractivity contribution in [2.24, 2.45) is 0 Å². The van der Waals surface area contributed by atoms with Crippen LogP contribution in [0, 0.1) is 11.3 Å². The van der Waals surface area contributed by atoms with Gasteiger partial charge < -0.3 is 9.31 Å². The summed E-state index contributed by atoms with van der Waals surface area (Å²) in [5, 5.41) is 8.79. The first kappa shape index (κ1) is 13.1. The molecule has 2 atom stereocenters. The van der Waals surface area contributed by atoms with Gasteiger partial charge in [0.25, 0.3) is 0 Å². The molecule has 0 aromatic heterocycles. The van der Waals surface area contributed by atoms with E-state index in [9.17, 15) is 4.39 Å². The molecule has 1 aromatic carbocycles. The molecule has 2 unspecified atom stereocenters. The van der Waals surface area contributed by atoms with Crippen LogP contribution in [0.3, 0.4) is 0 Å². The van der Waals surface area contributed by atoms with Crippen molar-refractivity contribution in [3.8, 4) is 6.07 Å². The van der Waals surface area contributed by atoms with Crippen molar-refractivity contribution < 1.29 is 13.7 Å². The highest BCUT2D eigenvalue weighted by atomic mass is 19.1. The predicted octanol–water partition coefficient (Wildman–Crippen LogP) is 1.83. The Kier molecular flexibility index (Phi) is 3.18. The lowest BCUT2D eigenvalue weighted by Crippen LogP contribution is -2.51. The SMILES string of the molecule is CC1(C)OB(c2ccccc2)OC1(C)C(F)C#N. The molecule has 5 heteroatoms. The molecule has 1 heterocycles. The van der Waals surface area contributed by atoms with E-state index in [1.807, 2.05) is 30.3 Å². The number of rotatable bonds is 2. The molecule has 1 aromatic rings. The summed E-state index contributed by atoms with van der Waals surface area (Å²) in [5.41, 5.74) is -1.33. The van der Waals surface area contributed by atoms with Gasteiger partial charge in [-0.25, -0.2) is 4.39 Å². The normalized spacial score (nSPS) is 27.8. The minimum atomic E-state index is -1.73. The lowest BCUT2D eigenvalue weighted by Gasteiger charge is -2.36. The first-order valence-corrected chi connectivity index (χ1v) is 5.85. The Labute approximate surface area is 107 Å². The summed E-state index contributed by atoms with van der Waals surface area (Å²) in [6.07, 6.45) is -1.73. The fourth-order valence-corrected chi connectivity index (χ4v) is 2.01. The van der Waals surface area contributed by atoms with Gasteiger partial charge in [-0.05, 0) is 26.2 Å². The van der Waals surface area contributed by atoms with Gasteiger partial charge in [0.05, 0.1) is 5.60 Å². The summed E-state index contributed by atoms with van der Waals surface area (Å²) in [7, 11) is -0.641. The van der Waals surface area contributed by atoms with Crippen molar-refractivity contribution in [2.45, 2.75) is 38.1 Å². The van der Waals surface area contributed by atoms with E-state index in [0.29, 0.717) is 0 Å². The molecule has 1 aliphatic heterocycles. The van der Waals surface area contributed by atoms with Crippen LogP contribution in [0.5, 0.6) is 0 Å². The van der Waals surface area contributed by atoms with E-state index in [1.165, 1.54) is 0 Å². The molecule has 0 radical (unpaired) electrons. The molecule has 1 aliphatic rings. The summed E-state index contributed by atoms with van der Waals surface area (Å²) in [6, 6.07) is 10.9. The molecular formula is C13H15BFNO2. The first-order valence-electron chi connectivity index (χ1n) is 5.85. The van der Waals surface area contributed by atoms with Gasteiger partial charge in [-0.3, -0.25) is 0 Å². The van der Waals surface area contributed by atoms with Gasteiger partial charge in [0.15, 0.2) is 0 Å². The van der Waals surface area contributed by atoms with Gasteiger partial charge in [0.2, 0.25) is 6.17 Å². The van der Waals surface area contributed by atoms with E-state index in [-0.39, 0.29) is 0 Å². The third-order valence-corrected chi connectivity index (χ3v) is 3.62. The Bertz CT molecular complexity index is 474. The molecule has 1 fully saturated rings. The zero-order valence-electron chi connectivity index (χ0n) is 10.7. The Morgan fingerprint density at radius 2 is 1.83 bits per heavy atom. The number of hydrogen-bond donors (Lipinski definition) is 0. The number of nitrogens with zero attached hydrogens (tertiary/aromatic N) is 1. The van der Waals surface area contributed by atoms with Gasteiger partial charge in [-0.1, -0.05) is 30.3 Å². The standard InChI is InChI=1S/C13H15BFNO2/c1-12(2)13(3,11(15)9-16)18-14(17-12)10-7-5-4-6-8-10/h4-8,11H,1-3H3. The van der Waals surface area contributed by atoms with Crippen LogP contribution in [0.1, 0.15) is 20.8 Å². The number of benzene rings is 1. The average molecular weight is 247 g/mol.